The van der Waals surface area contributed by atoms with Gasteiger partial charge in [0.1, 0.15) is 11.4 Å². The maximum atomic E-state index is 11.8. The zero-order valence-electron chi connectivity index (χ0n) is 13.1. The maximum Gasteiger partial charge on any atom is 0.254 e. The van der Waals surface area contributed by atoms with E-state index in [0.717, 1.165) is 25.3 Å². The second-order valence-corrected chi connectivity index (χ2v) is 5.50. The van der Waals surface area contributed by atoms with Crippen LogP contribution in [-0.4, -0.2) is 55.1 Å². The lowest BCUT2D eigenvalue weighted by atomic mass is 10.1. The number of nitrogens with two attached hydrogens (primary N) is 1. The molecule has 1 aromatic heterocycles. The van der Waals surface area contributed by atoms with E-state index in [2.05, 4.69) is 15.3 Å². The van der Waals surface area contributed by atoms with Crippen LogP contribution >= 0.6 is 0 Å². The lowest BCUT2D eigenvalue weighted by Crippen LogP contribution is -2.41. The summed E-state index contributed by atoms with van der Waals surface area (Å²) < 4.78 is 6.93. The van der Waals surface area contributed by atoms with Crippen LogP contribution in [0.3, 0.4) is 0 Å². The van der Waals surface area contributed by atoms with Gasteiger partial charge in [-0.05, 0) is 26.3 Å². The summed E-state index contributed by atoms with van der Waals surface area (Å²) in [5.74, 6) is 0.350. The molecule has 1 aliphatic rings. The molecule has 0 spiro atoms. The summed E-state index contributed by atoms with van der Waals surface area (Å²) in [5.41, 5.74) is 6.71. The van der Waals surface area contributed by atoms with Gasteiger partial charge in [-0.25, -0.2) is 0 Å². The Bertz CT molecular complexity index is 494. The number of nitrogens with zero attached hydrogens (tertiary/aromatic N) is 3. The first-order chi connectivity index (χ1) is 10.0. The molecule has 0 aromatic carbocycles. The highest BCUT2D eigenvalue weighted by molar-refractivity contribution is 5.99. The van der Waals surface area contributed by atoms with Crippen molar-refractivity contribution in [1.82, 2.24) is 15.1 Å². The van der Waals surface area contributed by atoms with E-state index in [4.69, 9.17) is 10.5 Å². The van der Waals surface area contributed by atoms with Crippen LogP contribution < -0.4 is 16.0 Å². The van der Waals surface area contributed by atoms with E-state index in [9.17, 15) is 4.79 Å². The minimum Gasteiger partial charge on any atom is -0.383 e. The van der Waals surface area contributed by atoms with Crippen molar-refractivity contribution >= 4 is 11.7 Å². The number of methoxy groups -OCH3 is 1. The van der Waals surface area contributed by atoms with E-state index in [1.807, 2.05) is 14.0 Å². The van der Waals surface area contributed by atoms with E-state index in [-0.39, 0.29) is 0 Å². The number of primary amides is 1. The van der Waals surface area contributed by atoms with Crippen LogP contribution in [0.1, 0.15) is 28.9 Å². The number of aryl methyl sites for hydroxylation is 2. The Morgan fingerprint density at radius 3 is 2.95 bits per heavy atom. The minimum absolute atomic E-state index is 0.429. The molecule has 1 fully saturated rings. The van der Waals surface area contributed by atoms with E-state index in [0.29, 0.717) is 30.5 Å². The van der Waals surface area contributed by atoms with Gasteiger partial charge in [-0.1, -0.05) is 0 Å². The standard InChI is InChI=1S/C14H25N5O2/c1-10-12(13(15)20)14(18(2)17-10)19(7-8-21-3)9-11-5-4-6-16-11/h11,16H,4-9H2,1-3H3,(H2,15,20). The molecule has 7 heteroatoms. The Morgan fingerprint density at radius 1 is 1.62 bits per heavy atom. The summed E-state index contributed by atoms with van der Waals surface area (Å²) in [6, 6.07) is 0.429. The molecular formula is C14H25N5O2. The molecule has 3 N–H and O–H groups in total. The fourth-order valence-corrected chi connectivity index (χ4v) is 2.96. The van der Waals surface area contributed by atoms with Crippen molar-refractivity contribution in [3.63, 3.8) is 0 Å². The topological polar surface area (TPSA) is 85.4 Å². The van der Waals surface area contributed by atoms with Crippen LogP contribution in [-0.2, 0) is 11.8 Å². The highest BCUT2D eigenvalue weighted by atomic mass is 16.5. The largest absolute Gasteiger partial charge is 0.383 e. The van der Waals surface area contributed by atoms with E-state index in [1.165, 1.54) is 6.42 Å². The van der Waals surface area contributed by atoms with E-state index < -0.39 is 5.91 Å². The number of hydrogen-bond donors (Lipinski definition) is 2. The van der Waals surface area contributed by atoms with Crippen molar-refractivity contribution in [2.75, 3.05) is 38.3 Å². The van der Waals surface area contributed by atoms with Gasteiger partial charge in [-0.15, -0.1) is 0 Å². The lowest BCUT2D eigenvalue weighted by Gasteiger charge is -2.28. The van der Waals surface area contributed by atoms with Crippen molar-refractivity contribution in [3.8, 4) is 0 Å². The highest BCUT2D eigenvalue weighted by Gasteiger charge is 2.26. The molecule has 1 atom stereocenters. The highest BCUT2D eigenvalue weighted by Crippen LogP contribution is 2.24. The van der Waals surface area contributed by atoms with E-state index >= 15 is 0 Å². The third kappa shape index (κ3) is 3.54. The van der Waals surface area contributed by atoms with Gasteiger partial charge in [0.15, 0.2) is 0 Å². The Labute approximate surface area is 125 Å². The van der Waals surface area contributed by atoms with Crippen LogP contribution in [0.4, 0.5) is 5.82 Å². The predicted molar refractivity (Wildman–Crippen MR) is 81.6 cm³/mol. The van der Waals surface area contributed by atoms with E-state index in [1.54, 1.807) is 11.8 Å². The van der Waals surface area contributed by atoms with Crippen molar-refractivity contribution in [2.24, 2.45) is 12.8 Å². The molecule has 1 unspecified atom stereocenters. The maximum absolute atomic E-state index is 11.8. The lowest BCUT2D eigenvalue weighted by molar-refractivity contribution is 0.1000. The molecule has 2 rings (SSSR count). The normalized spacial score (nSPS) is 18.1. The quantitative estimate of drug-likeness (QED) is 0.741. The van der Waals surface area contributed by atoms with Gasteiger partial charge in [-0.2, -0.15) is 5.10 Å². The van der Waals surface area contributed by atoms with Crippen LogP contribution in [0.2, 0.25) is 0 Å². The molecule has 0 radical (unpaired) electrons. The van der Waals surface area contributed by atoms with Gasteiger partial charge in [0.05, 0.1) is 12.3 Å². The van der Waals surface area contributed by atoms with Crippen LogP contribution in [0.15, 0.2) is 0 Å². The molecule has 0 bridgehead atoms. The number of nitrogens with one attached hydrogen (secondary N) is 1. The molecule has 1 amide bonds. The fraction of sp³-hybridized carbons (Fsp3) is 0.714. The molecule has 2 heterocycles. The van der Waals surface area contributed by atoms with Crippen LogP contribution in [0.25, 0.3) is 0 Å². The SMILES string of the molecule is COCCN(CC1CCCN1)c1c(C(N)=O)c(C)nn1C. The van der Waals surface area contributed by atoms with Crippen LogP contribution in [0.5, 0.6) is 0 Å². The summed E-state index contributed by atoms with van der Waals surface area (Å²) in [4.78, 5) is 13.9. The van der Waals surface area contributed by atoms with Gasteiger partial charge in [0, 0.05) is 33.3 Å². The van der Waals surface area contributed by atoms with Gasteiger partial charge in [-0.3, -0.25) is 9.48 Å². The third-order valence-electron chi connectivity index (χ3n) is 3.91. The summed E-state index contributed by atoms with van der Waals surface area (Å²) in [5, 5.41) is 7.83. The molecular weight excluding hydrogens is 270 g/mol. The Hall–Kier alpha value is -1.60. The Balaban J connectivity index is 2.28. The second-order valence-electron chi connectivity index (χ2n) is 5.50. The minimum atomic E-state index is -0.433. The number of carbonyl (C=O) groups excluding carboxylic acids is 1. The molecule has 7 nitrogen and oxygen atoms in total. The molecule has 1 aliphatic heterocycles. The smallest absolute Gasteiger partial charge is 0.254 e. The number of amides is 1. The first-order valence-corrected chi connectivity index (χ1v) is 7.35. The average Bonchev–Trinajstić information content (AvgIpc) is 3.02. The molecule has 0 saturated carbocycles. The molecule has 21 heavy (non-hydrogen) atoms. The number of rotatable bonds is 7. The van der Waals surface area contributed by atoms with Gasteiger partial charge in [0.2, 0.25) is 0 Å². The van der Waals surface area contributed by atoms with Gasteiger partial charge < -0.3 is 20.7 Å². The monoisotopic (exact) mass is 295 g/mol. The van der Waals surface area contributed by atoms with Crippen molar-refractivity contribution < 1.29 is 9.53 Å². The predicted octanol–water partition coefficient (Wildman–Crippen LogP) is 0.0322. The molecule has 1 aromatic rings. The number of carbonyl (C=O) groups is 1. The Morgan fingerprint density at radius 2 is 2.38 bits per heavy atom. The molecule has 0 aliphatic carbocycles. The van der Waals surface area contributed by atoms with Crippen molar-refractivity contribution in [2.45, 2.75) is 25.8 Å². The summed E-state index contributed by atoms with van der Waals surface area (Å²) in [6.45, 7) is 4.98. The number of ether oxygens (including phenoxy) is 1. The summed E-state index contributed by atoms with van der Waals surface area (Å²) >= 11 is 0. The second kappa shape index (κ2) is 6.91. The molecule has 1 saturated heterocycles. The summed E-state index contributed by atoms with van der Waals surface area (Å²) in [6.07, 6.45) is 2.34. The van der Waals surface area contributed by atoms with Gasteiger partial charge in [0.25, 0.3) is 5.91 Å². The zero-order chi connectivity index (χ0) is 15.4. The fourth-order valence-electron chi connectivity index (χ4n) is 2.96. The number of hydrogen-bond acceptors (Lipinski definition) is 5. The third-order valence-corrected chi connectivity index (χ3v) is 3.91. The average molecular weight is 295 g/mol. The zero-order valence-corrected chi connectivity index (χ0v) is 13.1. The molecule has 118 valence electrons. The Kier molecular flexibility index (Phi) is 5.19. The first-order valence-electron chi connectivity index (χ1n) is 7.35. The van der Waals surface area contributed by atoms with Crippen molar-refractivity contribution in [1.29, 1.82) is 0 Å². The van der Waals surface area contributed by atoms with Crippen molar-refractivity contribution in [3.05, 3.63) is 11.3 Å². The van der Waals surface area contributed by atoms with Crippen LogP contribution in [0, 0.1) is 6.92 Å². The number of anilines is 1. The van der Waals surface area contributed by atoms with Gasteiger partial charge >= 0.3 is 0 Å². The number of aromatic nitrogens is 2. The summed E-state index contributed by atoms with van der Waals surface area (Å²) in [7, 11) is 3.52. The first kappa shape index (κ1) is 15.8.